The number of piperidine rings is 1. The number of sulfonamides is 1. The minimum absolute atomic E-state index is 0.0487. The van der Waals surface area contributed by atoms with E-state index in [2.05, 4.69) is 5.10 Å². The quantitative estimate of drug-likeness (QED) is 0.917. The van der Waals surface area contributed by atoms with Crippen molar-refractivity contribution in [3.63, 3.8) is 0 Å². The first-order valence-electron chi connectivity index (χ1n) is 7.04. The van der Waals surface area contributed by atoms with Gasteiger partial charge in [0.1, 0.15) is 16.4 Å². The molecule has 0 bridgehead atoms. The highest BCUT2D eigenvalue weighted by atomic mass is 32.2. The zero-order valence-corrected chi connectivity index (χ0v) is 12.7. The van der Waals surface area contributed by atoms with E-state index in [-0.39, 0.29) is 16.6 Å². The van der Waals surface area contributed by atoms with E-state index < -0.39 is 15.8 Å². The first kappa shape index (κ1) is 15.1. The summed E-state index contributed by atoms with van der Waals surface area (Å²) in [5, 5.41) is 3.97. The van der Waals surface area contributed by atoms with Gasteiger partial charge in [0.2, 0.25) is 10.0 Å². The predicted molar refractivity (Wildman–Crippen MR) is 79.5 cm³/mol. The summed E-state index contributed by atoms with van der Waals surface area (Å²) in [7, 11) is -3.61. The number of benzene rings is 1. The van der Waals surface area contributed by atoms with Crippen molar-refractivity contribution < 1.29 is 12.8 Å². The van der Waals surface area contributed by atoms with Gasteiger partial charge in [-0.15, -0.1) is 0 Å². The summed E-state index contributed by atoms with van der Waals surface area (Å²) in [6.45, 7) is 0.794. The Bertz CT molecular complexity index is 767. The van der Waals surface area contributed by atoms with Crippen molar-refractivity contribution >= 4 is 10.0 Å². The topological polar surface area (TPSA) is 81.2 Å². The lowest BCUT2D eigenvalue weighted by Crippen LogP contribution is -2.42. The molecule has 0 aliphatic carbocycles. The molecule has 3 rings (SSSR count). The fraction of sp³-hybridized carbons (Fsp3) is 0.357. The van der Waals surface area contributed by atoms with Gasteiger partial charge in [-0.1, -0.05) is 12.1 Å². The Morgan fingerprint density at radius 1 is 1.23 bits per heavy atom. The number of hydrogen-bond donors (Lipinski definition) is 1. The molecule has 2 heterocycles. The summed E-state index contributed by atoms with van der Waals surface area (Å²) in [4.78, 5) is 0.0613. The van der Waals surface area contributed by atoms with Crippen LogP contribution >= 0.6 is 0 Å². The van der Waals surface area contributed by atoms with E-state index in [0.29, 0.717) is 25.9 Å². The van der Waals surface area contributed by atoms with E-state index >= 15 is 0 Å². The van der Waals surface area contributed by atoms with E-state index in [0.717, 1.165) is 0 Å². The van der Waals surface area contributed by atoms with Crippen LogP contribution in [-0.2, 0) is 10.0 Å². The monoisotopic (exact) mass is 324 g/mol. The van der Waals surface area contributed by atoms with E-state index in [1.54, 1.807) is 18.2 Å². The molecule has 22 heavy (non-hydrogen) atoms. The molecule has 1 saturated heterocycles. The molecular weight excluding hydrogens is 307 g/mol. The van der Waals surface area contributed by atoms with Gasteiger partial charge in [-0.3, -0.25) is 0 Å². The molecule has 2 N–H and O–H groups in total. The molecule has 0 spiro atoms. The fourth-order valence-corrected chi connectivity index (χ4v) is 3.88. The smallest absolute Gasteiger partial charge is 0.246 e. The molecule has 0 amide bonds. The molecule has 0 radical (unpaired) electrons. The average Bonchev–Trinajstić information content (AvgIpc) is 2.98. The Kier molecular flexibility index (Phi) is 3.98. The second-order valence-electron chi connectivity index (χ2n) is 5.31. The molecule has 1 aliphatic rings. The second kappa shape index (κ2) is 5.79. The summed E-state index contributed by atoms with van der Waals surface area (Å²) >= 11 is 0. The summed E-state index contributed by atoms with van der Waals surface area (Å²) in [5.74, 6) is -0.460. The zero-order chi connectivity index (χ0) is 15.7. The van der Waals surface area contributed by atoms with Crippen molar-refractivity contribution in [2.75, 3.05) is 13.1 Å². The van der Waals surface area contributed by atoms with Crippen LogP contribution in [0.3, 0.4) is 0 Å². The van der Waals surface area contributed by atoms with Crippen molar-refractivity contribution in [1.29, 1.82) is 0 Å². The Balaban J connectivity index is 1.89. The summed E-state index contributed by atoms with van der Waals surface area (Å²) in [5.41, 5.74) is 6.01. The molecule has 2 aromatic rings. The van der Waals surface area contributed by atoms with Crippen LogP contribution in [0.15, 0.2) is 41.6 Å². The van der Waals surface area contributed by atoms with Gasteiger partial charge in [0.15, 0.2) is 0 Å². The number of rotatable bonds is 3. The van der Waals surface area contributed by atoms with Crippen molar-refractivity contribution in [1.82, 2.24) is 14.1 Å². The molecule has 1 fully saturated rings. The minimum atomic E-state index is -3.61. The molecule has 0 saturated carbocycles. The SMILES string of the molecule is NC1CCN(S(=O)(=O)c2cnn(-c3ccccc3F)c2)CC1. The highest BCUT2D eigenvalue weighted by Gasteiger charge is 2.29. The van der Waals surface area contributed by atoms with Crippen LogP contribution in [0.4, 0.5) is 4.39 Å². The van der Waals surface area contributed by atoms with Crippen LogP contribution in [0.5, 0.6) is 0 Å². The largest absolute Gasteiger partial charge is 0.328 e. The highest BCUT2D eigenvalue weighted by Crippen LogP contribution is 2.21. The van der Waals surface area contributed by atoms with Crippen molar-refractivity contribution in [2.45, 2.75) is 23.8 Å². The van der Waals surface area contributed by atoms with Gasteiger partial charge in [-0.2, -0.15) is 9.40 Å². The molecule has 0 atom stereocenters. The summed E-state index contributed by atoms with van der Waals surface area (Å²) < 4.78 is 41.5. The predicted octanol–water partition coefficient (Wildman–Crippen LogP) is 1.12. The average molecular weight is 324 g/mol. The Labute approximate surface area is 128 Å². The van der Waals surface area contributed by atoms with Crippen LogP contribution in [0.2, 0.25) is 0 Å². The third-order valence-electron chi connectivity index (χ3n) is 3.79. The molecular formula is C14H17FN4O2S. The number of nitrogens with two attached hydrogens (primary N) is 1. The van der Waals surface area contributed by atoms with Crippen LogP contribution in [0, 0.1) is 5.82 Å². The highest BCUT2D eigenvalue weighted by molar-refractivity contribution is 7.89. The van der Waals surface area contributed by atoms with Crippen LogP contribution in [-0.4, -0.2) is 41.6 Å². The molecule has 0 unspecified atom stereocenters. The molecule has 8 heteroatoms. The maximum atomic E-state index is 13.7. The summed E-state index contributed by atoms with van der Waals surface area (Å²) in [6.07, 6.45) is 3.86. The lowest BCUT2D eigenvalue weighted by molar-refractivity contribution is 0.320. The third-order valence-corrected chi connectivity index (χ3v) is 5.65. The molecule has 1 aliphatic heterocycles. The van der Waals surface area contributed by atoms with Gasteiger partial charge in [0.25, 0.3) is 0 Å². The first-order chi connectivity index (χ1) is 10.5. The number of para-hydroxylation sites is 1. The maximum Gasteiger partial charge on any atom is 0.246 e. The Morgan fingerprint density at radius 2 is 1.91 bits per heavy atom. The van der Waals surface area contributed by atoms with Gasteiger partial charge in [0, 0.05) is 19.1 Å². The van der Waals surface area contributed by atoms with Crippen LogP contribution < -0.4 is 5.73 Å². The van der Waals surface area contributed by atoms with Crippen LogP contribution in [0.1, 0.15) is 12.8 Å². The van der Waals surface area contributed by atoms with Gasteiger partial charge < -0.3 is 5.73 Å². The van der Waals surface area contributed by atoms with E-state index in [4.69, 9.17) is 5.73 Å². The second-order valence-corrected chi connectivity index (χ2v) is 7.25. The first-order valence-corrected chi connectivity index (χ1v) is 8.48. The van der Waals surface area contributed by atoms with E-state index in [9.17, 15) is 12.8 Å². The fourth-order valence-electron chi connectivity index (χ4n) is 2.47. The van der Waals surface area contributed by atoms with Gasteiger partial charge in [0.05, 0.1) is 12.4 Å². The summed E-state index contributed by atoms with van der Waals surface area (Å²) in [6, 6.07) is 6.13. The van der Waals surface area contributed by atoms with E-state index in [1.807, 2.05) is 0 Å². The maximum absolute atomic E-state index is 13.7. The standard InChI is InChI=1S/C14H17FN4O2S/c15-13-3-1-2-4-14(13)19-10-12(9-17-19)22(20,21)18-7-5-11(16)6-8-18/h1-4,9-11H,5-8,16H2. The number of nitrogens with zero attached hydrogens (tertiary/aromatic N) is 3. The minimum Gasteiger partial charge on any atom is -0.328 e. The number of aromatic nitrogens is 2. The van der Waals surface area contributed by atoms with Gasteiger partial charge >= 0.3 is 0 Å². The van der Waals surface area contributed by atoms with Crippen molar-refractivity contribution in [3.8, 4) is 5.69 Å². The van der Waals surface area contributed by atoms with Gasteiger partial charge in [-0.25, -0.2) is 17.5 Å². The Hall–Kier alpha value is -1.77. The number of halogens is 1. The van der Waals surface area contributed by atoms with E-state index in [1.165, 1.54) is 27.4 Å². The van der Waals surface area contributed by atoms with Crippen molar-refractivity contribution in [3.05, 3.63) is 42.5 Å². The van der Waals surface area contributed by atoms with Crippen LogP contribution in [0.25, 0.3) is 5.69 Å². The normalized spacial score (nSPS) is 17.7. The van der Waals surface area contributed by atoms with Gasteiger partial charge in [-0.05, 0) is 25.0 Å². The third kappa shape index (κ3) is 2.77. The lowest BCUT2D eigenvalue weighted by atomic mass is 10.1. The lowest BCUT2D eigenvalue weighted by Gasteiger charge is -2.28. The zero-order valence-electron chi connectivity index (χ0n) is 11.9. The molecule has 1 aromatic heterocycles. The Morgan fingerprint density at radius 3 is 2.59 bits per heavy atom. The molecule has 6 nitrogen and oxygen atoms in total. The number of hydrogen-bond acceptors (Lipinski definition) is 4. The van der Waals surface area contributed by atoms with Crippen molar-refractivity contribution in [2.24, 2.45) is 5.73 Å². The molecule has 118 valence electrons. The molecule has 1 aromatic carbocycles.